The molecule has 1 aromatic heterocycles. The Balaban J connectivity index is 2.10. The van der Waals surface area contributed by atoms with E-state index in [4.69, 9.17) is 5.11 Å². The normalized spacial score (nSPS) is 9.70. The van der Waals surface area contributed by atoms with Gasteiger partial charge < -0.3 is 10.4 Å². The van der Waals surface area contributed by atoms with Crippen molar-refractivity contribution in [1.29, 1.82) is 0 Å². The molecular formula is C16H15NO2S. The fourth-order valence-corrected chi connectivity index (χ4v) is 2.46. The maximum atomic E-state index is 12.1. The number of rotatable bonds is 3. The maximum absolute atomic E-state index is 12.1. The van der Waals surface area contributed by atoms with Gasteiger partial charge in [0, 0.05) is 16.0 Å². The first-order valence-corrected chi connectivity index (χ1v) is 7.09. The Labute approximate surface area is 122 Å². The van der Waals surface area contributed by atoms with E-state index in [0.29, 0.717) is 12.1 Å². The number of nitrogens with one attached hydrogen (secondary N) is 1. The second kappa shape index (κ2) is 6.90. The zero-order valence-corrected chi connectivity index (χ0v) is 12.0. The van der Waals surface area contributed by atoms with Gasteiger partial charge in [-0.1, -0.05) is 17.9 Å². The number of thiophene rings is 1. The highest BCUT2D eigenvalue weighted by Gasteiger charge is 2.07. The van der Waals surface area contributed by atoms with Crippen molar-refractivity contribution in [3.8, 4) is 11.8 Å². The molecule has 2 aromatic rings. The highest BCUT2D eigenvalue weighted by atomic mass is 32.1. The number of hydrogen-bond donors (Lipinski definition) is 2. The standard InChI is InChI=1S/C16H15NO2S/c1-12-8-13(4-2-6-18)10-14(9-12)16(19)17-11-15-5-3-7-20-15/h3,5,7-10,18H,6,11H2,1H3,(H,17,19). The number of aliphatic hydroxyl groups is 1. The van der Waals surface area contributed by atoms with Gasteiger partial charge in [-0.05, 0) is 42.1 Å². The molecule has 0 spiro atoms. The quantitative estimate of drug-likeness (QED) is 0.850. The van der Waals surface area contributed by atoms with Gasteiger partial charge in [-0.2, -0.15) is 0 Å². The zero-order valence-electron chi connectivity index (χ0n) is 11.1. The van der Waals surface area contributed by atoms with Gasteiger partial charge in [0.25, 0.3) is 5.91 Å². The first-order chi connectivity index (χ1) is 9.69. The molecule has 1 aromatic carbocycles. The molecule has 1 heterocycles. The summed E-state index contributed by atoms with van der Waals surface area (Å²) in [5.41, 5.74) is 2.29. The van der Waals surface area contributed by atoms with Crippen LogP contribution in [0.5, 0.6) is 0 Å². The van der Waals surface area contributed by atoms with Crippen LogP contribution in [0.15, 0.2) is 35.7 Å². The summed E-state index contributed by atoms with van der Waals surface area (Å²) in [5.74, 6) is 5.29. The van der Waals surface area contributed by atoms with E-state index in [1.807, 2.05) is 36.6 Å². The molecule has 102 valence electrons. The highest BCUT2D eigenvalue weighted by Crippen LogP contribution is 2.11. The van der Waals surface area contributed by atoms with Crippen LogP contribution in [0.1, 0.15) is 26.4 Å². The molecule has 0 saturated carbocycles. The molecule has 2 N–H and O–H groups in total. The Bertz CT molecular complexity index is 651. The van der Waals surface area contributed by atoms with E-state index < -0.39 is 0 Å². The van der Waals surface area contributed by atoms with Crippen molar-refractivity contribution in [3.63, 3.8) is 0 Å². The van der Waals surface area contributed by atoms with E-state index in [-0.39, 0.29) is 12.5 Å². The summed E-state index contributed by atoms with van der Waals surface area (Å²) >= 11 is 1.61. The molecule has 2 rings (SSSR count). The van der Waals surface area contributed by atoms with Gasteiger partial charge in [0.2, 0.25) is 0 Å². The predicted octanol–water partition coefficient (Wildman–Crippen LogP) is 2.33. The third kappa shape index (κ3) is 3.95. The number of aryl methyl sites for hydroxylation is 1. The molecule has 0 atom stereocenters. The monoisotopic (exact) mass is 285 g/mol. The molecule has 0 bridgehead atoms. The second-order valence-electron chi connectivity index (χ2n) is 4.31. The molecule has 0 aliphatic rings. The van der Waals surface area contributed by atoms with Crippen LogP contribution < -0.4 is 5.32 Å². The second-order valence-corrected chi connectivity index (χ2v) is 5.34. The summed E-state index contributed by atoms with van der Waals surface area (Å²) in [6, 6.07) is 9.40. The van der Waals surface area contributed by atoms with Crippen LogP contribution in [0.4, 0.5) is 0 Å². The van der Waals surface area contributed by atoms with Gasteiger partial charge in [-0.3, -0.25) is 4.79 Å². The number of carbonyl (C=O) groups excluding carboxylic acids is 1. The van der Waals surface area contributed by atoms with Gasteiger partial charge >= 0.3 is 0 Å². The van der Waals surface area contributed by atoms with Crippen LogP contribution in [-0.2, 0) is 6.54 Å². The topological polar surface area (TPSA) is 49.3 Å². The Morgan fingerprint density at radius 1 is 1.40 bits per heavy atom. The Morgan fingerprint density at radius 3 is 2.95 bits per heavy atom. The molecule has 0 radical (unpaired) electrons. The van der Waals surface area contributed by atoms with Crippen molar-refractivity contribution in [3.05, 3.63) is 57.3 Å². The van der Waals surface area contributed by atoms with Crippen LogP contribution in [-0.4, -0.2) is 17.6 Å². The molecular weight excluding hydrogens is 270 g/mol. The highest BCUT2D eigenvalue weighted by molar-refractivity contribution is 7.09. The summed E-state index contributed by atoms with van der Waals surface area (Å²) in [5, 5.41) is 13.6. The summed E-state index contributed by atoms with van der Waals surface area (Å²) in [6.07, 6.45) is 0. The van der Waals surface area contributed by atoms with E-state index in [0.717, 1.165) is 16.0 Å². The third-order valence-electron chi connectivity index (χ3n) is 2.65. The molecule has 0 fully saturated rings. The number of hydrogen-bond acceptors (Lipinski definition) is 3. The van der Waals surface area contributed by atoms with E-state index in [1.165, 1.54) is 0 Å². The minimum atomic E-state index is -0.187. The predicted molar refractivity (Wildman–Crippen MR) is 80.6 cm³/mol. The van der Waals surface area contributed by atoms with Crippen LogP contribution in [0, 0.1) is 18.8 Å². The molecule has 4 heteroatoms. The number of carbonyl (C=O) groups is 1. The van der Waals surface area contributed by atoms with Crippen LogP contribution in [0.3, 0.4) is 0 Å². The van der Waals surface area contributed by atoms with Crippen LogP contribution in [0.25, 0.3) is 0 Å². The van der Waals surface area contributed by atoms with Crippen LogP contribution in [0.2, 0.25) is 0 Å². The molecule has 0 aliphatic carbocycles. The Kier molecular flexibility index (Phi) is 4.94. The lowest BCUT2D eigenvalue weighted by molar-refractivity contribution is 0.0951. The maximum Gasteiger partial charge on any atom is 0.251 e. The number of aliphatic hydroxyl groups excluding tert-OH is 1. The van der Waals surface area contributed by atoms with E-state index in [9.17, 15) is 4.79 Å². The van der Waals surface area contributed by atoms with Gasteiger partial charge in [0.15, 0.2) is 0 Å². The van der Waals surface area contributed by atoms with Gasteiger partial charge in [-0.15, -0.1) is 11.3 Å². The molecule has 0 unspecified atom stereocenters. The molecule has 1 amide bonds. The van der Waals surface area contributed by atoms with E-state index in [1.54, 1.807) is 17.4 Å². The molecule has 0 aliphatic heterocycles. The lowest BCUT2D eigenvalue weighted by Gasteiger charge is -2.05. The van der Waals surface area contributed by atoms with Crippen molar-refractivity contribution in [1.82, 2.24) is 5.32 Å². The zero-order chi connectivity index (χ0) is 14.4. The van der Waals surface area contributed by atoms with Gasteiger partial charge in [0.05, 0.1) is 6.54 Å². The van der Waals surface area contributed by atoms with Gasteiger partial charge in [0.1, 0.15) is 6.61 Å². The average Bonchev–Trinajstić information content (AvgIpc) is 2.95. The first-order valence-electron chi connectivity index (χ1n) is 6.21. The smallest absolute Gasteiger partial charge is 0.251 e. The Hall–Kier alpha value is -2.09. The number of amides is 1. The molecule has 20 heavy (non-hydrogen) atoms. The third-order valence-corrected chi connectivity index (χ3v) is 3.53. The summed E-state index contributed by atoms with van der Waals surface area (Å²) in [7, 11) is 0. The van der Waals surface area contributed by atoms with Gasteiger partial charge in [-0.25, -0.2) is 0 Å². The average molecular weight is 285 g/mol. The van der Waals surface area contributed by atoms with Crippen molar-refractivity contribution in [2.75, 3.05) is 6.61 Å². The summed E-state index contributed by atoms with van der Waals surface area (Å²) < 4.78 is 0. The fourth-order valence-electron chi connectivity index (χ4n) is 1.81. The van der Waals surface area contributed by atoms with Crippen molar-refractivity contribution in [2.24, 2.45) is 0 Å². The minimum absolute atomic E-state index is 0.117. The van der Waals surface area contributed by atoms with E-state index in [2.05, 4.69) is 17.2 Å². The lowest BCUT2D eigenvalue weighted by Crippen LogP contribution is -2.22. The Morgan fingerprint density at radius 2 is 2.25 bits per heavy atom. The largest absolute Gasteiger partial charge is 0.384 e. The first kappa shape index (κ1) is 14.3. The molecule has 0 saturated heterocycles. The van der Waals surface area contributed by atoms with Crippen LogP contribution >= 0.6 is 11.3 Å². The summed E-state index contributed by atoms with van der Waals surface area (Å²) in [4.78, 5) is 13.2. The van der Waals surface area contributed by atoms with E-state index >= 15 is 0 Å². The SMILES string of the molecule is Cc1cc(C#CCO)cc(C(=O)NCc2cccs2)c1. The lowest BCUT2D eigenvalue weighted by atomic mass is 10.1. The molecule has 3 nitrogen and oxygen atoms in total. The fraction of sp³-hybridized carbons (Fsp3) is 0.188. The van der Waals surface area contributed by atoms with Crippen molar-refractivity contribution < 1.29 is 9.90 Å². The summed E-state index contributed by atoms with van der Waals surface area (Å²) in [6.45, 7) is 2.26. The van der Waals surface area contributed by atoms with Crippen molar-refractivity contribution >= 4 is 17.2 Å². The van der Waals surface area contributed by atoms with Crippen molar-refractivity contribution in [2.45, 2.75) is 13.5 Å². The number of benzene rings is 1. The minimum Gasteiger partial charge on any atom is -0.384 e.